The van der Waals surface area contributed by atoms with Crippen molar-refractivity contribution in [2.45, 2.75) is 32.2 Å². The fraction of sp³-hybridized carbons (Fsp3) is 0.533. The molecule has 0 unspecified atom stereocenters. The molecule has 2 atom stereocenters. The minimum absolute atomic E-state index is 0.185. The molecule has 2 aromatic heterocycles. The van der Waals surface area contributed by atoms with E-state index in [2.05, 4.69) is 20.2 Å². The molecular formula is C15H18N4OS. The molecule has 6 heteroatoms. The molecule has 1 saturated carbocycles. The van der Waals surface area contributed by atoms with Gasteiger partial charge in [0.2, 0.25) is 0 Å². The summed E-state index contributed by atoms with van der Waals surface area (Å²) in [5.74, 6) is 1.71. The predicted molar refractivity (Wildman–Crippen MR) is 83.9 cm³/mol. The molecule has 1 saturated heterocycles. The number of carbonyl (C=O) groups excluding carboxylic acids is 1. The molecule has 2 aromatic rings. The van der Waals surface area contributed by atoms with Gasteiger partial charge in [-0.25, -0.2) is 9.97 Å². The molecule has 4 rings (SSSR count). The first-order chi connectivity index (χ1) is 10.2. The Morgan fingerprint density at radius 2 is 2.29 bits per heavy atom. The van der Waals surface area contributed by atoms with E-state index in [1.165, 1.54) is 30.6 Å². The first kappa shape index (κ1) is 13.0. The van der Waals surface area contributed by atoms with E-state index in [1.54, 1.807) is 6.33 Å². The van der Waals surface area contributed by atoms with Gasteiger partial charge in [-0.2, -0.15) is 0 Å². The van der Waals surface area contributed by atoms with E-state index in [9.17, 15) is 4.79 Å². The monoisotopic (exact) mass is 302 g/mol. The second-order valence-corrected chi connectivity index (χ2v) is 7.00. The molecule has 1 aliphatic heterocycles. The van der Waals surface area contributed by atoms with Gasteiger partial charge in [0.05, 0.1) is 10.3 Å². The van der Waals surface area contributed by atoms with Gasteiger partial charge >= 0.3 is 0 Å². The van der Waals surface area contributed by atoms with Crippen LogP contribution in [0.2, 0.25) is 0 Å². The zero-order valence-electron chi connectivity index (χ0n) is 12.2. The van der Waals surface area contributed by atoms with Crippen LogP contribution in [-0.4, -0.2) is 40.4 Å². The van der Waals surface area contributed by atoms with Crippen molar-refractivity contribution in [3.8, 4) is 0 Å². The lowest BCUT2D eigenvalue weighted by Gasteiger charge is -2.26. The van der Waals surface area contributed by atoms with Crippen LogP contribution in [-0.2, 0) is 0 Å². The van der Waals surface area contributed by atoms with Crippen molar-refractivity contribution < 1.29 is 4.79 Å². The Balaban J connectivity index is 1.77. The molecule has 0 aromatic carbocycles. The zero-order valence-corrected chi connectivity index (χ0v) is 13.0. The van der Waals surface area contributed by atoms with E-state index in [1.807, 2.05) is 14.0 Å². The minimum atomic E-state index is 0.185. The maximum Gasteiger partial charge on any atom is 0.264 e. The molecule has 1 aliphatic carbocycles. The first-order valence-electron chi connectivity index (χ1n) is 7.42. The predicted octanol–water partition coefficient (Wildman–Crippen LogP) is 2.67. The Kier molecular flexibility index (Phi) is 2.89. The number of nitrogens with zero attached hydrogens (tertiary/aromatic N) is 3. The lowest BCUT2D eigenvalue weighted by atomic mass is 10.1. The van der Waals surface area contributed by atoms with Gasteiger partial charge in [-0.1, -0.05) is 0 Å². The average molecular weight is 302 g/mol. The quantitative estimate of drug-likeness (QED) is 0.926. The van der Waals surface area contributed by atoms with Crippen molar-refractivity contribution in [1.82, 2.24) is 14.9 Å². The lowest BCUT2D eigenvalue weighted by molar-refractivity contribution is 0.0708. The Labute approximate surface area is 127 Å². The van der Waals surface area contributed by atoms with Gasteiger partial charge in [-0.05, 0) is 37.7 Å². The van der Waals surface area contributed by atoms with E-state index in [0.717, 1.165) is 38.9 Å². The number of aryl methyl sites for hydroxylation is 1. The second-order valence-electron chi connectivity index (χ2n) is 6.00. The van der Waals surface area contributed by atoms with Crippen LogP contribution in [0.25, 0.3) is 10.2 Å². The van der Waals surface area contributed by atoms with E-state index in [4.69, 9.17) is 0 Å². The Hall–Kier alpha value is -1.69. The third-order valence-corrected chi connectivity index (χ3v) is 6.02. The average Bonchev–Trinajstić information content (AvgIpc) is 3.20. The summed E-state index contributed by atoms with van der Waals surface area (Å²) in [6, 6.07) is 0.460. The number of nitrogens with one attached hydrogen (secondary N) is 1. The maximum atomic E-state index is 12.9. The van der Waals surface area contributed by atoms with E-state index >= 15 is 0 Å². The number of fused-ring (bicyclic) bond motifs is 3. The van der Waals surface area contributed by atoms with Gasteiger partial charge in [0.1, 0.15) is 17.0 Å². The van der Waals surface area contributed by atoms with Crippen molar-refractivity contribution in [3.63, 3.8) is 0 Å². The van der Waals surface area contributed by atoms with Crippen molar-refractivity contribution in [1.29, 1.82) is 0 Å². The summed E-state index contributed by atoms with van der Waals surface area (Å²) in [5, 5.41) is 4.07. The lowest BCUT2D eigenvalue weighted by Crippen LogP contribution is -2.37. The molecule has 21 heavy (non-hydrogen) atoms. The third kappa shape index (κ3) is 1.85. The fourth-order valence-corrected chi connectivity index (χ4v) is 4.87. The number of rotatable bonds is 2. The highest BCUT2D eigenvalue weighted by atomic mass is 32.1. The summed E-state index contributed by atoms with van der Waals surface area (Å²) in [6.07, 6.45) is 5.20. The normalized spacial score (nSPS) is 24.0. The largest absolute Gasteiger partial charge is 0.372 e. The van der Waals surface area contributed by atoms with Crippen LogP contribution in [0.3, 0.4) is 0 Å². The molecular weight excluding hydrogens is 284 g/mol. The van der Waals surface area contributed by atoms with Gasteiger partial charge in [0.15, 0.2) is 0 Å². The van der Waals surface area contributed by atoms with Crippen LogP contribution in [0.15, 0.2) is 6.33 Å². The number of hydrogen-bond acceptors (Lipinski definition) is 5. The number of thiophene rings is 1. The molecule has 2 aliphatic rings. The molecule has 5 nitrogen and oxygen atoms in total. The number of anilines is 1. The topological polar surface area (TPSA) is 58.1 Å². The van der Waals surface area contributed by atoms with Gasteiger partial charge in [0.25, 0.3) is 5.91 Å². The number of hydrogen-bond donors (Lipinski definition) is 1. The van der Waals surface area contributed by atoms with E-state index < -0.39 is 0 Å². The number of amides is 1. The maximum absolute atomic E-state index is 12.9. The third-order valence-electron chi connectivity index (χ3n) is 4.83. The number of likely N-dealkylation sites (tertiary alicyclic amines) is 1. The molecule has 0 spiro atoms. The van der Waals surface area contributed by atoms with Crippen LogP contribution in [0, 0.1) is 12.8 Å². The van der Waals surface area contributed by atoms with Gasteiger partial charge in [-0.3, -0.25) is 4.79 Å². The van der Waals surface area contributed by atoms with Crippen LogP contribution in [0.1, 0.15) is 34.5 Å². The first-order valence-corrected chi connectivity index (χ1v) is 8.23. The van der Waals surface area contributed by atoms with E-state index in [0.29, 0.717) is 6.04 Å². The highest BCUT2D eigenvalue weighted by molar-refractivity contribution is 7.20. The van der Waals surface area contributed by atoms with Crippen molar-refractivity contribution in [2.75, 3.05) is 18.9 Å². The van der Waals surface area contributed by atoms with Crippen molar-refractivity contribution in [3.05, 3.63) is 16.8 Å². The molecule has 2 fully saturated rings. The Morgan fingerprint density at radius 1 is 1.43 bits per heavy atom. The summed E-state index contributed by atoms with van der Waals surface area (Å²) in [4.78, 5) is 25.3. The molecule has 110 valence electrons. The van der Waals surface area contributed by atoms with Crippen molar-refractivity contribution >= 4 is 33.3 Å². The summed E-state index contributed by atoms with van der Waals surface area (Å²) < 4.78 is 0. The smallest absolute Gasteiger partial charge is 0.264 e. The number of piperidine rings is 1. The van der Waals surface area contributed by atoms with Gasteiger partial charge < -0.3 is 10.2 Å². The van der Waals surface area contributed by atoms with Crippen LogP contribution in [0.4, 0.5) is 5.82 Å². The Morgan fingerprint density at radius 3 is 2.95 bits per heavy atom. The highest BCUT2D eigenvalue weighted by Gasteiger charge is 2.41. The fourth-order valence-electron chi connectivity index (χ4n) is 3.77. The summed E-state index contributed by atoms with van der Waals surface area (Å²) in [6.45, 7) is 2.94. The number of aromatic nitrogens is 2. The molecule has 3 heterocycles. The second kappa shape index (κ2) is 4.66. The molecule has 2 bridgehead atoms. The van der Waals surface area contributed by atoms with Crippen molar-refractivity contribution in [2.24, 2.45) is 5.92 Å². The SMILES string of the molecule is CNc1ncnc2sc(C(=O)N3C[C@@H]4CC[C@@H]3C4)c(C)c12. The highest BCUT2D eigenvalue weighted by Crippen LogP contribution is 2.40. The van der Waals surface area contributed by atoms with Crippen LogP contribution in [0.5, 0.6) is 0 Å². The van der Waals surface area contributed by atoms with E-state index in [-0.39, 0.29) is 5.91 Å². The minimum Gasteiger partial charge on any atom is -0.372 e. The number of carbonyl (C=O) groups is 1. The standard InChI is InChI=1S/C15H18N4OS/c1-8-11-13(16-2)17-7-18-14(11)21-12(8)15(20)19-6-9-3-4-10(19)5-9/h7,9-10H,3-6H2,1-2H3,(H,16,17,18)/t9-,10-/m1/s1. The zero-order chi connectivity index (χ0) is 14.6. The van der Waals surface area contributed by atoms with Gasteiger partial charge in [0, 0.05) is 19.6 Å². The van der Waals surface area contributed by atoms with Crippen LogP contribution < -0.4 is 5.32 Å². The summed E-state index contributed by atoms with van der Waals surface area (Å²) in [5.41, 5.74) is 1.01. The van der Waals surface area contributed by atoms with Crippen LogP contribution >= 0.6 is 11.3 Å². The molecule has 0 radical (unpaired) electrons. The summed E-state index contributed by atoms with van der Waals surface area (Å²) in [7, 11) is 1.85. The Bertz CT molecular complexity index is 726. The summed E-state index contributed by atoms with van der Waals surface area (Å²) >= 11 is 1.49. The van der Waals surface area contributed by atoms with Gasteiger partial charge in [-0.15, -0.1) is 11.3 Å². The molecule has 1 N–H and O–H groups in total. The molecule has 1 amide bonds.